The zero-order valence-electron chi connectivity index (χ0n) is 14.6. The van der Waals surface area contributed by atoms with Gasteiger partial charge in [-0.25, -0.2) is 0 Å². The van der Waals surface area contributed by atoms with E-state index >= 15 is 0 Å². The highest BCUT2D eigenvalue weighted by molar-refractivity contribution is 7.98. The van der Waals surface area contributed by atoms with Gasteiger partial charge in [-0.05, 0) is 43.5 Å². The van der Waals surface area contributed by atoms with E-state index in [4.69, 9.17) is 4.52 Å². The minimum Gasteiger partial charge on any atom is -0.360 e. The van der Waals surface area contributed by atoms with Crippen molar-refractivity contribution in [2.24, 2.45) is 0 Å². The summed E-state index contributed by atoms with van der Waals surface area (Å²) in [5.41, 5.74) is 3.89. The zero-order chi connectivity index (χ0) is 17.9. The molecule has 2 heterocycles. The molecule has 0 aliphatic carbocycles. The van der Waals surface area contributed by atoms with E-state index in [9.17, 15) is 4.79 Å². The van der Waals surface area contributed by atoms with Crippen LogP contribution in [0.25, 0.3) is 0 Å². The van der Waals surface area contributed by atoms with E-state index in [1.54, 1.807) is 11.8 Å². The number of carbonyl (C=O) groups is 1. The lowest BCUT2D eigenvalue weighted by atomic mass is 10.0. The van der Waals surface area contributed by atoms with Gasteiger partial charge in [0.25, 0.3) is 5.91 Å². The summed E-state index contributed by atoms with van der Waals surface area (Å²) < 4.78 is 5.28. The van der Waals surface area contributed by atoms with Crippen LogP contribution in [0, 0.1) is 6.92 Å². The average molecular weight is 364 g/mol. The molecule has 0 N–H and O–H groups in total. The number of amides is 1. The molecule has 4 rings (SSSR count). The van der Waals surface area contributed by atoms with E-state index in [2.05, 4.69) is 11.2 Å². The Hall–Kier alpha value is -2.53. The predicted molar refractivity (Wildman–Crippen MR) is 104 cm³/mol. The van der Waals surface area contributed by atoms with Gasteiger partial charge in [0.15, 0.2) is 0 Å². The van der Waals surface area contributed by atoms with Crippen LogP contribution < -0.4 is 4.90 Å². The summed E-state index contributed by atoms with van der Waals surface area (Å²) in [5.74, 6) is 1.54. The molecule has 1 aromatic heterocycles. The van der Waals surface area contributed by atoms with Crippen molar-refractivity contribution in [3.63, 3.8) is 0 Å². The Morgan fingerprint density at radius 2 is 2.00 bits per heavy atom. The van der Waals surface area contributed by atoms with Crippen LogP contribution in [0.4, 0.5) is 5.69 Å². The summed E-state index contributed by atoms with van der Waals surface area (Å²) >= 11 is 1.61. The third kappa shape index (κ3) is 3.40. The number of hydrogen-bond acceptors (Lipinski definition) is 4. The fraction of sp³-hybridized carbons (Fsp3) is 0.238. The van der Waals surface area contributed by atoms with Crippen molar-refractivity contribution in [1.82, 2.24) is 5.16 Å². The van der Waals surface area contributed by atoms with Gasteiger partial charge in [-0.3, -0.25) is 4.79 Å². The second-order valence-corrected chi connectivity index (χ2v) is 7.43. The summed E-state index contributed by atoms with van der Waals surface area (Å²) in [7, 11) is 0. The number of benzene rings is 2. The fourth-order valence-corrected chi connectivity index (χ4v) is 4.21. The van der Waals surface area contributed by atoms with Crippen molar-refractivity contribution < 1.29 is 9.32 Å². The molecular formula is C21H20N2O2S. The van der Waals surface area contributed by atoms with E-state index in [1.165, 1.54) is 5.56 Å². The molecule has 4 nitrogen and oxygen atoms in total. The Bertz CT molecular complexity index is 935. The van der Waals surface area contributed by atoms with E-state index in [0.717, 1.165) is 47.0 Å². The maximum atomic E-state index is 13.3. The van der Waals surface area contributed by atoms with Crippen LogP contribution in [0.15, 0.2) is 64.0 Å². The summed E-state index contributed by atoms with van der Waals surface area (Å²) in [5, 5.41) is 3.92. The van der Waals surface area contributed by atoms with Crippen LogP contribution in [0.1, 0.15) is 33.8 Å². The molecule has 0 saturated heterocycles. The highest BCUT2D eigenvalue weighted by Gasteiger charge is 2.25. The molecule has 0 saturated carbocycles. The van der Waals surface area contributed by atoms with Crippen molar-refractivity contribution in [2.75, 3.05) is 11.4 Å². The van der Waals surface area contributed by atoms with Gasteiger partial charge in [0.05, 0.1) is 17.0 Å². The van der Waals surface area contributed by atoms with Crippen molar-refractivity contribution in [1.29, 1.82) is 0 Å². The number of para-hydroxylation sites is 1. The highest BCUT2D eigenvalue weighted by Crippen LogP contribution is 2.32. The van der Waals surface area contributed by atoms with Crippen molar-refractivity contribution in [2.45, 2.75) is 30.4 Å². The SMILES string of the molecule is Cc1cc(CSc2ccccc2C(=O)N2CCCc3ccccc32)on1. The number of anilines is 1. The Labute approximate surface area is 157 Å². The number of aryl methyl sites for hydroxylation is 2. The second-order valence-electron chi connectivity index (χ2n) is 6.41. The smallest absolute Gasteiger partial charge is 0.259 e. The number of thioether (sulfide) groups is 1. The Morgan fingerprint density at radius 3 is 2.85 bits per heavy atom. The van der Waals surface area contributed by atoms with Gasteiger partial charge in [-0.15, -0.1) is 11.8 Å². The van der Waals surface area contributed by atoms with Gasteiger partial charge in [-0.2, -0.15) is 0 Å². The van der Waals surface area contributed by atoms with Crippen LogP contribution in [0.3, 0.4) is 0 Å². The molecule has 0 bridgehead atoms. The lowest BCUT2D eigenvalue weighted by Gasteiger charge is -2.30. The van der Waals surface area contributed by atoms with Crippen LogP contribution in [0.5, 0.6) is 0 Å². The first kappa shape index (κ1) is 16.9. The molecule has 0 atom stereocenters. The van der Waals surface area contributed by atoms with E-state index < -0.39 is 0 Å². The quantitative estimate of drug-likeness (QED) is 0.620. The van der Waals surface area contributed by atoms with E-state index in [0.29, 0.717) is 5.75 Å². The van der Waals surface area contributed by atoms with Gasteiger partial charge in [-0.1, -0.05) is 35.5 Å². The molecule has 0 unspecified atom stereocenters. The maximum absolute atomic E-state index is 13.3. The standard InChI is InChI=1S/C21H20N2O2S/c1-15-13-17(25-22-15)14-26-20-11-5-3-9-18(20)21(24)23-12-6-8-16-7-2-4-10-19(16)23/h2-5,7,9-11,13H,6,8,12,14H2,1H3. The maximum Gasteiger partial charge on any atom is 0.259 e. The molecule has 1 aliphatic heterocycles. The highest BCUT2D eigenvalue weighted by atomic mass is 32.2. The lowest BCUT2D eigenvalue weighted by molar-refractivity contribution is 0.0982. The largest absolute Gasteiger partial charge is 0.360 e. The molecule has 0 fully saturated rings. The number of hydrogen-bond donors (Lipinski definition) is 0. The molecule has 1 amide bonds. The summed E-state index contributed by atoms with van der Waals surface area (Å²) in [6.07, 6.45) is 2.02. The number of aromatic nitrogens is 1. The minimum atomic E-state index is 0.0639. The minimum absolute atomic E-state index is 0.0639. The van der Waals surface area contributed by atoms with Crippen molar-refractivity contribution in [3.05, 3.63) is 77.2 Å². The molecular weight excluding hydrogens is 344 g/mol. The van der Waals surface area contributed by atoms with Gasteiger partial charge >= 0.3 is 0 Å². The lowest BCUT2D eigenvalue weighted by Crippen LogP contribution is -2.35. The Balaban J connectivity index is 1.59. The summed E-state index contributed by atoms with van der Waals surface area (Å²) in [6, 6.07) is 17.9. The molecule has 2 aromatic carbocycles. The molecule has 0 radical (unpaired) electrons. The van der Waals surface area contributed by atoms with Crippen LogP contribution in [-0.2, 0) is 12.2 Å². The fourth-order valence-electron chi connectivity index (χ4n) is 3.29. The first-order valence-electron chi connectivity index (χ1n) is 8.76. The van der Waals surface area contributed by atoms with Crippen molar-refractivity contribution in [3.8, 4) is 0 Å². The Kier molecular flexibility index (Phi) is 4.80. The average Bonchev–Trinajstić information content (AvgIpc) is 3.11. The normalized spacial score (nSPS) is 13.5. The molecule has 3 aromatic rings. The number of fused-ring (bicyclic) bond motifs is 1. The molecule has 5 heteroatoms. The van der Waals surface area contributed by atoms with Crippen LogP contribution in [-0.4, -0.2) is 17.6 Å². The van der Waals surface area contributed by atoms with Crippen LogP contribution in [0.2, 0.25) is 0 Å². The van der Waals surface area contributed by atoms with Gasteiger partial charge < -0.3 is 9.42 Å². The molecule has 26 heavy (non-hydrogen) atoms. The second kappa shape index (κ2) is 7.38. The predicted octanol–water partition coefficient (Wildman–Crippen LogP) is 4.87. The monoisotopic (exact) mass is 364 g/mol. The molecule has 1 aliphatic rings. The van der Waals surface area contributed by atoms with E-state index in [-0.39, 0.29) is 5.91 Å². The first-order chi connectivity index (χ1) is 12.7. The zero-order valence-corrected chi connectivity index (χ0v) is 15.5. The first-order valence-corrected chi connectivity index (χ1v) is 9.75. The summed E-state index contributed by atoms with van der Waals surface area (Å²) in [6.45, 7) is 2.67. The van der Waals surface area contributed by atoms with Crippen LogP contribution >= 0.6 is 11.8 Å². The molecule has 132 valence electrons. The topological polar surface area (TPSA) is 46.3 Å². The van der Waals surface area contributed by atoms with Gasteiger partial charge in [0.1, 0.15) is 5.76 Å². The van der Waals surface area contributed by atoms with Crippen molar-refractivity contribution >= 4 is 23.4 Å². The Morgan fingerprint density at radius 1 is 1.19 bits per heavy atom. The summed E-state index contributed by atoms with van der Waals surface area (Å²) in [4.78, 5) is 16.2. The number of rotatable bonds is 4. The van der Waals surface area contributed by atoms with E-state index in [1.807, 2.05) is 60.4 Å². The third-order valence-electron chi connectivity index (χ3n) is 4.52. The molecule has 0 spiro atoms. The number of carbonyl (C=O) groups excluding carboxylic acids is 1. The van der Waals surface area contributed by atoms with Gasteiger partial charge in [0, 0.05) is 23.2 Å². The third-order valence-corrected chi connectivity index (χ3v) is 5.62. The van der Waals surface area contributed by atoms with Gasteiger partial charge in [0.2, 0.25) is 0 Å². The number of nitrogens with zero attached hydrogens (tertiary/aromatic N) is 2.